The standard InChI is InChI=1S/C9H14N6OS/c1-7-11-13-9(17-7)10-5-8-6-15(14-12-8)3-2-4-16/h6,16H,2-5H2,1H3,(H,10,13). The van der Waals surface area contributed by atoms with Crippen molar-refractivity contribution in [2.24, 2.45) is 0 Å². The summed E-state index contributed by atoms with van der Waals surface area (Å²) in [5.41, 5.74) is 0.843. The number of aliphatic hydroxyl groups excluding tert-OH is 1. The van der Waals surface area contributed by atoms with Crippen LogP contribution in [0.3, 0.4) is 0 Å². The molecule has 17 heavy (non-hydrogen) atoms. The van der Waals surface area contributed by atoms with Gasteiger partial charge < -0.3 is 10.4 Å². The lowest BCUT2D eigenvalue weighted by molar-refractivity contribution is 0.276. The van der Waals surface area contributed by atoms with Crippen LogP contribution in [0.4, 0.5) is 5.13 Å². The van der Waals surface area contributed by atoms with Gasteiger partial charge in [0.05, 0.1) is 12.7 Å². The van der Waals surface area contributed by atoms with Crippen molar-refractivity contribution in [3.05, 3.63) is 16.9 Å². The lowest BCUT2D eigenvalue weighted by Gasteiger charge is -1.97. The first-order valence-corrected chi connectivity index (χ1v) is 6.13. The van der Waals surface area contributed by atoms with E-state index in [0.29, 0.717) is 19.5 Å². The highest BCUT2D eigenvalue weighted by Gasteiger charge is 2.03. The maximum Gasteiger partial charge on any atom is 0.205 e. The van der Waals surface area contributed by atoms with Gasteiger partial charge in [-0.1, -0.05) is 16.6 Å². The van der Waals surface area contributed by atoms with Gasteiger partial charge in [-0.3, -0.25) is 4.68 Å². The van der Waals surface area contributed by atoms with Crippen LogP contribution in [0.5, 0.6) is 0 Å². The molecule has 0 amide bonds. The zero-order valence-electron chi connectivity index (χ0n) is 9.50. The minimum Gasteiger partial charge on any atom is -0.396 e. The van der Waals surface area contributed by atoms with Gasteiger partial charge in [0.25, 0.3) is 0 Å². The molecule has 0 spiro atoms. The Bertz CT molecular complexity index is 468. The van der Waals surface area contributed by atoms with Crippen molar-refractivity contribution in [3.63, 3.8) is 0 Å². The topological polar surface area (TPSA) is 88.8 Å². The zero-order valence-corrected chi connectivity index (χ0v) is 10.3. The normalized spacial score (nSPS) is 10.7. The molecule has 2 heterocycles. The molecule has 0 aliphatic rings. The van der Waals surface area contributed by atoms with Crippen LogP contribution in [0.25, 0.3) is 0 Å². The Balaban J connectivity index is 1.84. The average Bonchev–Trinajstić information content (AvgIpc) is 2.93. The number of aliphatic hydroxyl groups is 1. The fourth-order valence-electron chi connectivity index (χ4n) is 1.30. The zero-order chi connectivity index (χ0) is 12.1. The number of aryl methyl sites for hydroxylation is 2. The molecule has 0 atom stereocenters. The fourth-order valence-corrected chi connectivity index (χ4v) is 1.88. The Kier molecular flexibility index (Phi) is 3.99. The molecule has 0 aliphatic heterocycles. The third kappa shape index (κ3) is 3.46. The molecule has 7 nitrogen and oxygen atoms in total. The van der Waals surface area contributed by atoms with Gasteiger partial charge >= 0.3 is 0 Å². The molecule has 2 aromatic heterocycles. The van der Waals surface area contributed by atoms with Crippen LogP contribution in [0, 0.1) is 6.92 Å². The van der Waals surface area contributed by atoms with E-state index in [1.54, 1.807) is 4.68 Å². The number of nitrogens with zero attached hydrogens (tertiary/aromatic N) is 5. The van der Waals surface area contributed by atoms with Crippen molar-refractivity contribution in [1.29, 1.82) is 0 Å². The first-order chi connectivity index (χ1) is 8.28. The fraction of sp³-hybridized carbons (Fsp3) is 0.556. The second kappa shape index (κ2) is 5.69. The van der Waals surface area contributed by atoms with Crippen molar-refractivity contribution >= 4 is 16.5 Å². The summed E-state index contributed by atoms with van der Waals surface area (Å²) in [6.45, 7) is 3.33. The minimum absolute atomic E-state index is 0.164. The van der Waals surface area contributed by atoms with E-state index in [4.69, 9.17) is 5.11 Å². The van der Waals surface area contributed by atoms with Crippen molar-refractivity contribution < 1.29 is 5.11 Å². The van der Waals surface area contributed by atoms with E-state index in [2.05, 4.69) is 25.8 Å². The molecular formula is C9H14N6OS. The Labute approximate surface area is 103 Å². The van der Waals surface area contributed by atoms with Gasteiger partial charge in [0.15, 0.2) is 0 Å². The molecule has 2 rings (SSSR count). The molecular weight excluding hydrogens is 240 g/mol. The van der Waals surface area contributed by atoms with Gasteiger partial charge in [-0.25, -0.2) is 0 Å². The highest BCUT2D eigenvalue weighted by Crippen LogP contribution is 2.14. The number of rotatable bonds is 6. The minimum atomic E-state index is 0.164. The SMILES string of the molecule is Cc1nnc(NCc2cn(CCCO)nn2)s1. The summed E-state index contributed by atoms with van der Waals surface area (Å²) in [7, 11) is 0. The maximum atomic E-state index is 8.70. The van der Waals surface area contributed by atoms with Gasteiger partial charge in [-0.15, -0.1) is 15.3 Å². The van der Waals surface area contributed by atoms with E-state index < -0.39 is 0 Å². The molecule has 0 saturated carbocycles. The third-order valence-corrected chi connectivity index (χ3v) is 2.87. The summed E-state index contributed by atoms with van der Waals surface area (Å²) in [5.74, 6) is 0. The first-order valence-electron chi connectivity index (χ1n) is 5.32. The van der Waals surface area contributed by atoms with Gasteiger partial charge in [-0.05, 0) is 13.3 Å². The number of hydrogen-bond donors (Lipinski definition) is 2. The summed E-state index contributed by atoms with van der Waals surface area (Å²) in [6, 6.07) is 0. The van der Waals surface area contributed by atoms with Crippen molar-refractivity contribution in [2.45, 2.75) is 26.4 Å². The molecule has 8 heteroatoms. The Hall–Kier alpha value is -1.54. The molecule has 2 N–H and O–H groups in total. The number of nitrogens with one attached hydrogen (secondary N) is 1. The molecule has 0 aromatic carbocycles. The largest absolute Gasteiger partial charge is 0.396 e. The van der Waals surface area contributed by atoms with Crippen LogP contribution in [0.1, 0.15) is 17.1 Å². The molecule has 0 aliphatic carbocycles. The van der Waals surface area contributed by atoms with Gasteiger partial charge in [0.2, 0.25) is 5.13 Å². The van der Waals surface area contributed by atoms with E-state index in [-0.39, 0.29) is 6.61 Å². The van der Waals surface area contributed by atoms with E-state index in [1.807, 2.05) is 13.1 Å². The Morgan fingerprint density at radius 1 is 1.41 bits per heavy atom. The monoisotopic (exact) mass is 254 g/mol. The second-order valence-corrected chi connectivity index (χ2v) is 4.71. The van der Waals surface area contributed by atoms with Gasteiger partial charge in [0.1, 0.15) is 10.7 Å². The number of anilines is 1. The number of aromatic nitrogens is 5. The Morgan fingerprint density at radius 3 is 3.00 bits per heavy atom. The number of hydrogen-bond acceptors (Lipinski definition) is 7. The van der Waals surface area contributed by atoms with E-state index in [9.17, 15) is 0 Å². The van der Waals surface area contributed by atoms with Crippen LogP contribution >= 0.6 is 11.3 Å². The first kappa shape index (κ1) is 11.9. The van der Waals surface area contributed by atoms with Crippen LogP contribution in [-0.2, 0) is 13.1 Å². The van der Waals surface area contributed by atoms with Crippen molar-refractivity contribution in [3.8, 4) is 0 Å². The molecule has 0 unspecified atom stereocenters. The quantitative estimate of drug-likeness (QED) is 0.777. The van der Waals surface area contributed by atoms with E-state index >= 15 is 0 Å². The average molecular weight is 254 g/mol. The van der Waals surface area contributed by atoms with Crippen LogP contribution in [0.2, 0.25) is 0 Å². The third-order valence-electron chi connectivity index (χ3n) is 2.08. The smallest absolute Gasteiger partial charge is 0.205 e. The van der Waals surface area contributed by atoms with E-state index in [0.717, 1.165) is 15.8 Å². The molecule has 0 bridgehead atoms. The van der Waals surface area contributed by atoms with Gasteiger partial charge in [0, 0.05) is 13.2 Å². The summed E-state index contributed by atoms with van der Waals surface area (Å²) < 4.78 is 1.72. The van der Waals surface area contributed by atoms with Crippen LogP contribution in [0.15, 0.2) is 6.20 Å². The summed E-state index contributed by atoms with van der Waals surface area (Å²) in [6.07, 6.45) is 2.54. The highest BCUT2D eigenvalue weighted by atomic mass is 32.1. The lowest BCUT2D eigenvalue weighted by atomic mass is 10.4. The van der Waals surface area contributed by atoms with Gasteiger partial charge in [-0.2, -0.15) is 0 Å². The van der Waals surface area contributed by atoms with Crippen molar-refractivity contribution in [2.75, 3.05) is 11.9 Å². The lowest BCUT2D eigenvalue weighted by Crippen LogP contribution is -2.01. The highest BCUT2D eigenvalue weighted by molar-refractivity contribution is 7.15. The van der Waals surface area contributed by atoms with Crippen molar-refractivity contribution in [1.82, 2.24) is 25.2 Å². The summed E-state index contributed by atoms with van der Waals surface area (Å²) in [5, 5.41) is 29.4. The molecule has 0 fully saturated rings. The van der Waals surface area contributed by atoms with Crippen LogP contribution < -0.4 is 5.32 Å². The summed E-state index contributed by atoms with van der Waals surface area (Å²) in [4.78, 5) is 0. The predicted octanol–water partition coefficient (Wildman–Crippen LogP) is 0.433. The molecule has 0 radical (unpaired) electrons. The maximum absolute atomic E-state index is 8.70. The molecule has 92 valence electrons. The predicted molar refractivity (Wildman–Crippen MR) is 63.7 cm³/mol. The van der Waals surface area contributed by atoms with E-state index in [1.165, 1.54) is 11.3 Å². The second-order valence-electron chi connectivity index (χ2n) is 3.53. The van der Waals surface area contributed by atoms with Crippen LogP contribution in [-0.4, -0.2) is 36.9 Å². The Morgan fingerprint density at radius 2 is 2.29 bits per heavy atom. The summed E-state index contributed by atoms with van der Waals surface area (Å²) >= 11 is 1.51. The molecule has 2 aromatic rings. The molecule has 0 saturated heterocycles.